The van der Waals surface area contributed by atoms with Gasteiger partial charge < -0.3 is 20.1 Å². The van der Waals surface area contributed by atoms with Crippen molar-refractivity contribution >= 4 is 11.8 Å². The zero-order chi connectivity index (χ0) is 20.5. The van der Waals surface area contributed by atoms with Gasteiger partial charge in [-0.15, -0.1) is 0 Å². The summed E-state index contributed by atoms with van der Waals surface area (Å²) in [6.07, 6.45) is 0. The van der Waals surface area contributed by atoms with E-state index in [0.717, 1.165) is 11.3 Å². The van der Waals surface area contributed by atoms with E-state index in [4.69, 9.17) is 9.47 Å². The molecule has 0 bridgehead atoms. The number of rotatable bonds is 6. The Hall–Kier alpha value is -2.93. The first-order valence-corrected chi connectivity index (χ1v) is 9.78. The number of carbonyl (C=O) groups is 2. The van der Waals surface area contributed by atoms with E-state index in [9.17, 15) is 9.59 Å². The number of amides is 2. The van der Waals surface area contributed by atoms with Gasteiger partial charge in [0, 0.05) is 42.1 Å². The Kier molecular flexibility index (Phi) is 5.24. The van der Waals surface area contributed by atoms with Crippen LogP contribution in [0.15, 0.2) is 36.4 Å². The lowest BCUT2D eigenvalue weighted by atomic mass is 9.95. The maximum absolute atomic E-state index is 12.9. The van der Waals surface area contributed by atoms with E-state index < -0.39 is 0 Å². The molecule has 0 radical (unpaired) electrons. The van der Waals surface area contributed by atoms with E-state index in [-0.39, 0.29) is 29.5 Å². The van der Waals surface area contributed by atoms with Gasteiger partial charge in [0.15, 0.2) is 0 Å². The van der Waals surface area contributed by atoms with E-state index in [0.29, 0.717) is 36.3 Å². The summed E-state index contributed by atoms with van der Waals surface area (Å²) >= 11 is 0. The van der Waals surface area contributed by atoms with Crippen LogP contribution in [-0.4, -0.2) is 50.2 Å². The van der Waals surface area contributed by atoms with Crippen LogP contribution < -0.4 is 15.4 Å². The minimum absolute atomic E-state index is 0.116. The maximum Gasteiger partial charge on any atom is 0.269 e. The number of nitrogens with zero attached hydrogens (tertiary/aromatic N) is 1. The number of hydrogen-bond acceptors (Lipinski definition) is 5. The molecule has 1 aromatic carbocycles. The Morgan fingerprint density at radius 2 is 1.93 bits per heavy atom. The van der Waals surface area contributed by atoms with Gasteiger partial charge in [0.05, 0.1) is 20.3 Å². The smallest absolute Gasteiger partial charge is 0.269 e. The van der Waals surface area contributed by atoms with Gasteiger partial charge in [-0.3, -0.25) is 9.59 Å². The molecule has 152 valence electrons. The molecule has 2 heterocycles. The van der Waals surface area contributed by atoms with Gasteiger partial charge in [-0.05, 0) is 29.8 Å². The molecule has 1 aliphatic heterocycles. The normalized spacial score (nSPS) is 23.1. The van der Waals surface area contributed by atoms with E-state index >= 15 is 0 Å². The molecule has 4 atom stereocenters. The number of aromatic nitrogens is 1. The first-order chi connectivity index (χ1) is 14.0. The number of ether oxygens (including phenoxy) is 2. The van der Waals surface area contributed by atoms with Crippen molar-refractivity contribution in [2.45, 2.75) is 18.9 Å². The van der Waals surface area contributed by atoms with Crippen LogP contribution in [0.2, 0.25) is 0 Å². The lowest BCUT2D eigenvalue weighted by Gasteiger charge is -2.16. The van der Waals surface area contributed by atoms with Crippen molar-refractivity contribution in [2.24, 2.45) is 11.8 Å². The van der Waals surface area contributed by atoms with Crippen LogP contribution in [0.3, 0.4) is 0 Å². The summed E-state index contributed by atoms with van der Waals surface area (Å²) in [4.78, 5) is 29.6. The molecule has 1 aliphatic carbocycles. The Morgan fingerprint density at radius 3 is 2.62 bits per heavy atom. The van der Waals surface area contributed by atoms with Crippen molar-refractivity contribution in [2.75, 3.05) is 27.4 Å². The van der Waals surface area contributed by atoms with Crippen LogP contribution in [0.4, 0.5) is 0 Å². The fourth-order valence-electron chi connectivity index (χ4n) is 3.92. The molecule has 2 N–H and O–H groups in total. The van der Waals surface area contributed by atoms with Crippen LogP contribution in [0.5, 0.6) is 5.75 Å². The minimum atomic E-state index is -0.324. The molecule has 2 fully saturated rings. The molecule has 1 unspecified atom stereocenters. The molecular formula is C22H25N3O4. The van der Waals surface area contributed by atoms with E-state index in [1.165, 1.54) is 0 Å². The van der Waals surface area contributed by atoms with Crippen molar-refractivity contribution in [1.29, 1.82) is 0 Å². The fraction of sp³-hybridized carbons (Fsp3) is 0.409. The minimum Gasteiger partial charge on any atom is -0.497 e. The Balaban J connectivity index is 1.63. The van der Waals surface area contributed by atoms with Gasteiger partial charge in [0.1, 0.15) is 11.4 Å². The maximum atomic E-state index is 12.9. The predicted octanol–water partition coefficient (Wildman–Crippen LogP) is 1.98. The molecule has 7 heteroatoms. The Morgan fingerprint density at radius 1 is 1.17 bits per heavy atom. The number of methoxy groups -OCH3 is 1. The van der Waals surface area contributed by atoms with Crippen molar-refractivity contribution in [1.82, 2.24) is 15.6 Å². The van der Waals surface area contributed by atoms with Crippen molar-refractivity contribution in [3.8, 4) is 5.75 Å². The highest BCUT2D eigenvalue weighted by molar-refractivity contribution is 5.99. The van der Waals surface area contributed by atoms with Gasteiger partial charge in [0.25, 0.3) is 11.8 Å². The number of nitrogens with one attached hydrogen (secondary N) is 2. The summed E-state index contributed by atoms with van der Waals surface area (Å²) < 4.78 is 10.7. The van der Waals surface area contributed by atoms with Gasteiger partial charge in [0.2, 0.25) is 0 Å². The van der Waals surface area contributed by atoms with E-state index in [1.807, 2.05) is 31.2 Å². The van der Waals surface area contributed by atoms with Gasteiger partial charge in [-0.2, -0.15) is 0 Å². The highest BCUT2D eigenvalue weighted by atomic mass is 16.5. The fourth-order valence-corrected chi connectivity index (χ4v) is 3.92. The molecule has 2 aromatic rings. The average Bonchev–Trinajstić information content (AvgIpc) is 3.17. The standard InChI is InChI=1S/C22H25N3O4/c1-12(13-5-4-6-15(7-13)28-3)18-8-14(9-19(24-18)22(27)23-2)21(26)25-20-16-10-29-11-17(16)20/h4-9,12,16-17,20H,10-11H2,1-3H3,(H,23,27)(H,25,26)/t12-,16-,17+,20?/m0/s1. The SMILES string of the molecule is CNC(=O)c1cc(C(=O)NC2[C@H]3COC[C@@H]23)cc([C@@H](C)c2cccc(OC)c2)n1. The summed E-state index contributed by atoms with van der Waals surface area (Å²) in [7, 11) is 3.17. The Bertz CT molecular complexity index is 935. The number of benzene rings is 1. The topological polar surface area (TPSA) is 89.6 Å². The van der Waals surface area contributed by atoms with Crippen molar-refractivity contribution in [3.05, 3.63) is 58.9 Å². The molecule has 2 amide bonds. The second kappa shape index (κ2) is 7.83. The molecule has 1 saturated heterocycles. The quantitative estimate of drug-likeness (QED) is 0.781. The zero-order valence-electron chi connectivity index (χ0n) is 16.8. The molecule has 29 heavy (non-hydrogen) atoms. The van der Waals surface area contributed by atoms with Crippen LogP contribution >= 0.6 is 0 Å². The number of pyridine rings is 1. The van der Waals surface area contributed by atoms with Crippen molar-refractivity contribution < 1.29 is 19.1 Å². The number of hydrogen-bond donors (Lipinski definition) is 2. The molecular weight excluding hydrogens is 370 g/mol. The van der Waals surface area contributed by atoms with E-state index in [1.54, 1.807) is 26.3 Å². The predicted molar refractivity (Wildman–Crippen MR) is 107 cm³/mol. The lowest BCUT2D eigenvalue weighted by Crippen LogP contribution is -2.30. The average molecular weight is 395 g/mol. The van der Waals surface area contributed by atoms with Gasteiger partial charge in [-0.25, -0.2) is 4.98 Å². The second-order valence-electron chi connectivity index (χ2n) is 7.61. The van der Waals surface area contributed by atoms with Crippen LogP contribution in [0.25, 0.3) is 0 Å². The monoisotopic (exact) mass is 395 g/mol. The number of fused-ring (bicyclic) bond motifs is 1. The van der Waals surface area contributed by atoms with Crippen LogP contribution in [0, 0.1) is 11.8 Å². The highest BCUT2D eigenvalue weighted by Gasteiger charge is 2.54. The largest absolute Gasteiger partial charge is 0.497 e. The lowest BCUT2D eigenvalue weighted by molar-refractivity contribution is 0.0928. The molecule has 7 nitrogen and oxygen atoms in total. The summed E-state index contributed by atoms with van der Waals surface area (Å²) in [5.41, 5.74) is 2.31. The van der Waals surface area contributed by atoms with Crippen molar-refractivity contribution in [3.63, 3.8) is 0 Å². The summed E-state index contributed by atoms with van der Waals surface area (Å²) in [6, 6.07) is 11.2. The molecule has 4 rings (SSSR count). The third-order valence-electron chi connectivity index (χ3n) is 5.85. The third kappa shape index (κ3) is 3.82. The zero-order valence-corrected chi connectivity index (χ0v) is 16.8. The molecule has 0 spiro atoms. The molecule has 2 aliphatic rings. The second-order valence-corrected chi connectivity index (χ2v) is 7.61. The van der Waals surface area contributed by atoms with E-state index in [2.05, 4.69) is 15.6 Å². The number of carbonyl (C=O) groups excluding carboxylic acids is 2. The Labute approximate surface area is 169 Å². The highest BCUT2D eigenvalue weighted by Crippen LogP contribution is 2.44. The van der Waals surface area contributed by atoms with Crippen LogP contribution in [0.1, 0.15) is 44.9 Å². The summed E-state index contributed by atoms with van der Waals surface area (Å²) in [5, 5.41) is 5.67. The van der Waals surface area contributed by atoms with Crippen LogP contribution in [-0.2, 0) is 4.74 Å². The summed E-state index contributed by atoms with van der Waals surface area (Å²) in [6.45, 7) is 3.40. The molecule has 1 aromatic heterocycles. The molecule has 1 saturated carbocycles. The first-order valence-electron chi connectivity index (χ1n) is 9.78. The summed E-state index contributed by atoms with van der Waals surface area (Å²) in [5.74, 6) is 0.947. The van der Waals surface area contributed by atoms with Gasteiger partial charge in [-0.1, -0.05) is 19.1 Å². The first kappa shape index (κ1) is 19.4. The van der Waals surface area contributed by atoms with Gasteiger partial charge >= 0.3 is 0 Å². The third-order valence-corrected chi connectivity index (χ3v) is 5.85.